The Labute approximate surface area is 224 Å². The largest absolute Gasteiger partial charge is 0.511 e. The van der Waals surface area contributed by atoms with Crippen molar-refractivity contribution in [2.75, 3.05) is 39.6 Å². The highest BCUT2D eigenvalue weighted by atomic mass is 16.3. The molecule has 0 radical (unpaired) electrons. The molecule has 0 aliphatic heterocycles. The number of Topliss-reactive ketones (excluding diaryl/α,β-unsaturated/α-hetero) is 4. The number of aliphatic hydroxyl groups excluding tert-OH is 2. The van der Waals surface area contributed by atoms with E-state index in [0.717, 1.165) is 5.69 Å². The summed E-state index contributed by atoms with van der Waals surface area (Å²) in [5.41, 5.74) is 1.89. The van der Waals surface area contributed by atoms with Crippen molar-refractivity contribution in [2.45, 2.75) is 39.0 Å². The lowest BCUT2D eigenvalue weighted by Gasteiger charge is -2.41. The van der Waals surface area contributed by atoms with E-state index in [1.54, 1.807) is 19.0 Å². The second-order valence-electron chi connectivity index (χ2n) is 10.9. The predicted octanol–water partition coefficient (Wildman–Crippen LogP) is 2.21. The maximum absolute atomic E-state index is 13.7. The Kier molecular flexibility index (Phi) is 8.18. The molecule has 10 heteroatoms. The summed E-state index contributed by atoms with van der Waals surface area (Å²) < 4.78 is 0. The quantitative estimate of drug-likeness (QED) is 0.446. The second-order valence-corrected chi connectivity index (χ2v) is 10.9. The number of likely N-dealkylation sites (N-methyl/N-ethyl adjacent to an activating group) is 1. The van der Waals surface area contributed by atoms with Crippen molar-refractivity contribution < 1.29 is 42.8 Å². The molecule has 1 aromatic carbocycles. The van der Waals surface area contributed by atoms with Gasteiger partial charge in [-0.3, -0.25) is 19.2 Å². The lowest BCUT2D eigenvalue weighted by Crippen LogP contribution is -2.43. The van der Waals surface area contributed by atoms with Gasteiger partial charge in [-0.25, -0.2) is 0 Å². The number of nitrogens with zero attached hydrogens (tertiary/aromatic N) is 2. The van der Waals surface area contributed by atoms with Crippen LogP contribution >= 0.6 is 0 Å². The molecule has 3 aliphatic carbocycles. The number of aromatic hydroxyl groups is 1. The van der Waals surface area contributed by atoms with Gasteiger partial charge in [0.15, 0.2) is 17.3 Å². The Morgan fingerprint density at radius 3 is 2.32 bits per heavy atom. The highest BCUT2D eigenvalue weighted by Gasteiger charge is 2.51. The predicted molar refractivity (Wildman–Crippen MR) is 145 cm³/mol. The summed E-state index contributed by atoms with van der Waals surface area (Å²) in [6.45, 7) is 1.46. The van der Waals surface area contributed by atoms with Gasteiger partial charge >= 0.3 is 0 Å². The molecule has 0 bridgehead atoms. The van der Waals surface area contributed by atoms with Gasteiger partial charge in [0, 0.05) is 41.1 Å². The summed E-state index contributed by atoms with van der Waals surface area (Å²) in [5, 5.41) is 33.4. The number of phenolic OH excluding ortho intramolecular Hbond substituents is 1. The summed E-state index contributed by atoms with van der Waals surface area (Å²) in [6, 6.07) is 1.82. The number of hydrogen-bond acceptors (Lipinski definition) is 9. The zero-order valence-corrected chi connectivity index (χ0v) is 22.4. The number of hydrogen-bond donors (Lipinski definition) is 3. The minimum Gasteiger partial charge on any atom is -0.511 e. The molecule has 4 rings (SSSR count). The first-order valence-corrected chi connectivity index (χ1v) is 12.5. The molecule has 1 saturated carbocycles. The maximum atomic E-state index is 13.7. The summed E-state index contributed by atoms with van der Waals surface area (Å²) in [7, 11) is 7.30. The van der Waals surface area contributed by atoms with Crippen LogP contribution in [0.1, 0.15) is 45.7 Å². The number of aliphatic hydroxyl groups is 2. The average molecular weight is 533 g/mol. The molecule has 3 atom stereocenters. The van der Waals surface area contributed by atoms with E-state index >= 15 is 0 Å². The number of carbonyl (C=O) groups excluding carboxylic acids is 4. The summed E-state index contributed by atoms with van der Waals surface area (Å²) in [4.78, 5) is 54.1. The molecule has 0 saturated heterocycles. The third-order valence-electron chi connectivity index (χ3n) is 7.70. The van der Waals surface area contributed by atoms with E-state index in [4.69, 9.17) is 0 Å². The fourth-order valence-corrected chi connectivity index (χ4v) is 6.15. The van der Waals surface area contributed by atoms with Crippen LogP contribution in [0.4, 0.5) is 5.69 Å². The fourth-order valence-electron chi connectivity index (χ4n) is 6.15. The van der Waals surface area contributed by atoms with Gasteiger partial charge in [-0.05, 0) is 69.3 Å². The monoisotopic (exact) mass is 532 g/mol. The van der Waals surface area contributed by atoms with Gasteiger partial charge in [-0.15, -0.1) is 0 Å². The van der Waals surface area contributed by atoms with Crippen LogP contribution in [0.5, 0.6) is 5.75 Å². The van der Waals surface area contributed by atoms with E-state index in [-0.39, 0.29) is 68.1 Å². The van der Waals surface area contributed by atoms with Crippen LogP contribution in [-0.4, -0.2) is 83.6 Å². The molecule has 5 N–H and O–H groups in total. The van der Waals surface area contributed by atoms with E-state index in [1.165, 1.54) is 6.92 Å². The summed E-state index contributed by atoms with van der Waals surface area (Å²) in [5.74, 6) is -4.53. The van der Waals surface area contributed by atoms with Gasteiger partial charge in [-0.1, -0.05) is 0 Å². The smallest absolute Gasteiger partial charge is 0.173 e. The number of anilines is 1. The van der Waals surface area contributed by atoms with Gasteiger partial charge in [0.1, 0.15) is 23.1 Å². The van der Waals surface area contributed by atoms with Crippen molar-refractivity contribution in [1.82, 2.24) is 4.90 Å². The highest BCUT2D eigenvalue weighted by Crippen LogP contribution is 2.52. The van der Waals surface area contributed by atoms with Crippen LogP contribution in [0.25, 0.3) is 5.76 Å². The minimum absolute atomic E-state index is 0. The Morgan fingerprint density at radius 2 is 1.74 bits per heavy atom. The topological polar surface area (TPSA) is 167 Å². The van der Waals surface area contributed by atoms with Gasteiger partial charge < -0.3 is 30.6 Å². The van der Waals surface area contributed by atoms with Crippen molar-refractivity contribution in [1.29, 1.82) is 0 Å². The van der Waals surface area contributed by atoms with Crippen LogP contribution in [-0.2, 0) is 32.0 Å². The Morgan fingerprint density at radius 1 is 1.08 bits per heavy atom. The first-order chi connectivity index (χ1) is 17.3. The number of phenols is 1. The molecule has 3 unspecified atom stereocenters. The van der Waals surface area contributed by atoms with Crippen molar-refractivity contribution in [3.63, 3.8) is 0 Å². The minimum atomic E-state index is -1.08. The van der Waals surface area contributed by atoms with Gasteiger partial charge in [-0.2, -0.15) is 0 Å². The van der Waals surface area contributed by atoms with E-state index in [2.05, 4.69) is 0 Å². The van der Waals surface area contributed by atoms with Gasteiger partial charge in [0.2, 0.25) is 0 Å². The molecule has 10 nitrogen and oxygen atoms in total. The molecule has 0 spiro atoms. The zero-order valence-electron chi connectivity index (χ0n) is 22.4. The van der Waals surface area contributed by atoms with Crippen molar-refractivity contribution >= 4 is 34.6 Å². The van der Waals surface area contributed by atoms with Gasteiger partial charge in [0.05, 0.1) is 23.6 Å². The zero-order chi connectivity index (χ0) is 27.3. The van der Waals surface area contributed by atoms with E-state index in [1.807, 2.05) is 25.1 Å². The van der Waals surface area contributed by atoms with Crippen molar-refractivity contribution in [3.8, 4) is 5.75 Å². The highest BCUT2D eigenvalue weighted by molar-refractivity contribution is 6.22. The molecule has 1 fully saturated rings. The Bertz CT molecular complexity index is 1290. The lowest BCUT2D eigenvalue weighted by atomic mass is 9.61. The lowest BCUT2D eigenvalue weighted by molar-refractivity contribution is -0.127. The van der Waals surface area contributed by atoms with E-state index < -0.39 is 40.9 Å². The fraction of sp³-hybridized carbons (Fsp3) is 0.500. The third-order valence-corrected chi connectivity index (χ3v) is 7.70. The summed E-state index contributed by atoms with van der Waals surface area (Å²) >= 11 is 0. The molecular formula is C28H40N2O8. The normalized spacial score (nSPS) is 22.5. The van der Waals surface area contributed by atoms with Gasteiger partial charge in [0.25, 0.3) is 0 Å². The number of benzene rings is 1. The van der Waals surface area contributed by atoms with E-state index in [0.29, 0.717) is 24.0 Å². The molecular weight excluding hydrogens is 492 g/mol. The van der Waals surface area contributed by atoms with Crippen LogP contribution in [0.3, 0.4) is 0 Å². The maximum Gasteiger partial charge on any atom is 0.173 e. The Balaban J connectivity index is 0.00000267. The standard InChI is InChI=1S/C28H34N2O7.H2O.2H2/c1-13(31)21-20(33)11-16-8-15-9-18-19(30(4)5)10-14(6-7-17(32)12-29(2)3)25(34)24(18)28(37)22(15)27(36)23(16)26(21)35;;;/h10,15-16,23,34-35,37H,6-9,11-12H2,1-5H3;1H2;2*1H. The Hall–Kier alpha value is -3.50. The molecule has 210 valence electrons. The molecule has 0 amide bonds. The van der Waals surface area contributed by atoms with E-state index in [9.17, 15) is 34.5 Å². The number of allylic oxidation sites excluding steroid dienone is 3. The first kappa shape index (κ1) is 29.1. The molecule has 0 heterocycles. The molecule has 38 heavy (non-hydrogen) atoms. The second kappa shape index (κ2) is 10.7. The first-order valence-electron chi connectivity index (χ1n) is 12.5. The van der Waals surface area contributed by atoms with Crippen LogP contribution in [0.15, 0.2) is 23.0 Å². The molecule has 0 aromatic heterocycles. The number of fused-ring (bicyclic) bond motifs is 3. The van der Waals surface area contributed by atoms with Crippen LogP contribution in [0, 0.1) is 17.8 Å². The summed E-state index contributed by atoms with van der Waals surface area (Å²) in [6.07, 6.45) is 1.21. The number of carbonyl (C=O) groups is 4. The van der Waals surface area contributed by atoms with Crippen molar-refractivity contribution in [3.05, 3.63) is 39.7 Å². The average Bonchev–Trinajstić information content (AvgIpc) is 2.76. The van der Waals surface area contributed by atoms with Crippen LogP contribution in [0.2, 0.25) is 0 Å². The number of rotatable bonds is 7. The third kappa shape index (κ3) is 4.86. The van der Waals surface area contributed by atoms with Crippen LogP contribution < -0.4 is 4.90 Å². The molecule has 3 aliphatic rings. The number of aryl methyl sites for hydroxylation is 1. The van der Waals surface area contributed by atoms with Crippen molar-refractivity contribution in [2.24, 2.45) is 17.8 Å². The SMILES string of the molecule is CC(=O)C1=C(O)C2C(=O)C3=C(O)c4c(O)c(CCC(=O)CN(C)C)cc(N(C)C)c4CC3CC2CC1=O.O.[HH].[HH]. The molecule has 1 aromatic rings. The number of ketones is 4.